The molecule has 30 heavy (non-hydrogen) atoms. The van der Waals surface area contributed by atoms with E-state index in [4.69, 9.17) is 4.99 Å². The minimum atomic E-state index is -0.142. The maximum Gasteiger partial charge on any atom is 0.138 e. The Morgan fingerprint density at radius 1 is 0.833 bits per heavy atom. The molecule has 2 aromatic carbocycles. The highest BCUT2D eigenvalue weighted by molar-refractivity contribution is 9.10. The summed E-state index contributed by atoms with van der Waals surface area (Å²) >= 11 is 7.14. The molecule has 0 saturated heterocycles. The van der Waals surface area contributed by atoms with Crippen molar-refractivity contribution < 1.29 is 4.79 Å². The first-order valence-corrected chi connectivity index (χ1v) is 12.8. The molecule has 2 atom stereocenters. The van der Waals surface area contributed by atoms with Gasteiger partial charge in [-0.3, -0.25) is 9.79 Å². The number of hydrogen-bond donors (Lipinski definition) is 0. The van der Waals surface area contributed by atoms with Crippen LogP contribution >= 0.6 is 31.9 Å². The number of rotatable bonds is 4. The van der Waals surface area contributed by atoms with Crippen molar-refractivity contribution in [1.82, 2.24) is 0 Å². The molecule has 0 aliphatic heterocycles. The summed E-state index contributed by atoms with van der Waals surface area (Å²) in [7, 11) is 0. The molecule has 2 nitrogen and oxygen atoms in total. The zero-order valence-corrected chi connectivity index (χ0v) is 20.7. The number of carbonyl (C=O) groups is 1. The van der Waals surface area contributed by atoms with Gasteiger partial charge in [-0.25, -0.2) is 0 Å². The van der Waals surface area contributed by atoms with Crippen LogP contribution in [-0.2, 0) is 4.79 Å². The van der Waals surface area contributed by atoms with Gasteiger partial charge in [0.2, 0.25) is 0 Å². The Morgan fingerprint density at radius 2 is 1.47 bits per heavy atom. The third-order valence-corrected chi connectivity index (χ3v) is 6.89. The summed E-state index contributed by atoms with van der Waals surface area (Å²) in [5.41, 5.74) is 2.16. The normalized spacial score (nSPS) is 20.5. The van der Waals surface area contributed by atoms with Gasteiger partial charge in [0.25, 0.3) is 0 Å². The molecule has 1 saturated carbocycles. The van der Waals surface area contributed by atoms with Crippen molar-refractivity contribution >= 4 is 43.9 Å². The van der Waals surface area contributed by atoms with E-state index in [2.05, 4.69) is 56.1 Å². The molecule has 2 aromatic rings. The SMILES string of the molecule is O=C1CCCCCCCCCCC1C(N=Cc1cccc(Br)c1)c1cccc(Br)c1. The first-order chi connectivity index (χ1) is 14.6. The zero-order valence-electron chi connectivity index (χ0n) is 17.5. The maximum atomic E-state index is 13.3. The number of benzene rings is 2. The molecule has 1 aliphatic rings. The molecule has 0 bridgehead atoms. The molecule has 0 N–H and O–H groups in total. The number of Topliss-reactive ketones (excluding diaryl/α,β-unsaturated/α-hetero) is 1. The Hall–Kier alpha value is -1.26. The van der Waals surface area contributed by atoms with Gasteiger partial charge in [-0.05, 0) is 48.2 Å². The van der Waals surface area contributed by atoms with Crippen LogP contribution in [0.2, 0.25) is 0 Å². The van der Waals surface area contributed by atoms with Crippen LogP contribution in [0.25, 0.3) is 0 Å². The van der Waals surface area contributed by atoms with Crippen LogP contribution in [0.5, 0.6) is 0 Å². The third kappa shape index (κ3) is 7.46. The van der Waals surface area contributed by atoms with E-state index >= 15 is 0 Å². The van der Waals surface area contributed by atoms with E-state index in [1.54, 1.807) is 0 Å². The van der Waals surface area contributed by atoms with Crippen LogP contribution < -0.4 is 0 Å². The van der Waals surface area contributed by atoms with Gasteiger partial charge in [0, 0.05) is 27.5 Å². The van der Waals surface area contributed by atoms with Gasteiger partial charge in [-0.1, -0.05) is 101 Å². The summed E-state index contributed by atoms with van der Waals surface area (Å²) in [5, 5.41) is 0. The van der Waals surface area contributed by atoms with E-state index in [0.29, 0.717) is 12.2 Å². The molecular formula is C26H31Br2NO. The standard InChI is InChI=1S/C26H31Br2NO/c27-22-13-9-11-20(17-22)19-29-26(21-12-10-14-23(28)18-21)24-15-7-5-3-1-2-4-6-8-16-25(24)30/h9-14,17-19,24,26H,1-8,15-16H2. The molecule has 0 heterocycles. The monoisotopic (exact) mass is 531 g/mol. The van der Waals surface area contributed by atoms with Crippen molar-refractivity contribution in [1.29, 1.82) is 0 Å². The van der Waals surface area contributed by atoms with Gasteiger partial charge in [-0.15, -0.1) is 0 Å². The molecule has 0 spiro atoms. The number of aliphatic imine (C=N–C) groups is 1. The smallest absolute Gasteiger partial charge is 0.138 e. The van der Waals surface area contributed by atoms with Gasteiger partial charge in [0.1, 0.15) is 5.78 Å². The highest BCUT2D eigenvalue weighted by Gasteiger charge is 2.28. The highest BCUT2D eigenvalue weighted by atomic mass is 79.9. The number of halogens is 2. The molecule has 0 amide bonds. The van der Waals surface area contributed by atoms with Crippen molar-refractivity contribution in [2.24, 2.45) is 10.9 Å². The molecule has 3 rings (SSSR count). The molecule has 0 radical (unpaired) electrons. The highest BCUT2D eigenvalue weighted by Crippen LogP contribution is 2.34. The molecule has 1 fully saturated rings. The number of nitrogens with zero attached hydrogens (tertiary/aromatic N) is 1. The van der Waals surface area contributed by atoms with Crippen molar-refractivity contribution in [2.75, 3.05) is 0 Å². The van der Waals surface area contributed by atoms with Crippen molar-refractivity contribution in [2.45, 2.75) is 70.3 Å². The third-order valence-electron chi connectivity index (χ3n) is 5.91. The zero-order chi connectivity index (χ0) is 21.2. The van der Waals surface area contributed by atoms with Gasteiger partial charge in [0.15, 0.2) is 0 Å². The van der Waals surface area contributed by atoms with Crippen LogP contribution in [-0.4, -0.2) is 12.0 Å². The van der Waals surface area contributed by atoms with Gasteiger partial charge < -0.3 is 0 Å². The predicted molar refractivity (Wildman–Crippen MR) is 133 cm³/mol. The Labute approximate surface area is 197 Å². The summed E-state index contributed by atoms with van der Waals surface area (Å²) in [6, 6.07) is 16.3. The van der Waals surface area contributed by atoms with Gasteiger partial charge >= 0.3 is 0 Å². The van der Waals surface area contributed by atoms with E-state index in [1.807, 2.05) is 30.5 Å². The summed E-state index contributed by atoms with van der Waals surface area (Å²) in [6.07, 6.45) is 13.2. The summed E-state index contributed by atoms with van der Waals surface area (Å²) in [6.45, 7) is 0. The van der Waals surface area contributed by atoms with E-state index in [0.717, 1.165) is 39.3 Å². The first kappa shape index (κ1) is 23.4. The van der Waals surface area contributed by atoms with Crippen LogP contribution in [0, 0.1) is 5.92 Å². The Bertz CT molecular complexity index is 848. The summed E-state index contributed by atoms with van der Waals surface area (Å²) in [4.78, 5) is 18.3. The maximum absolute atomic E-state index is 13.3. The van der Waals surface area contributed by atoms with Crippen LogP contribution in [0.3, 0.4) is 0 Å². The Balaban J connectivity index is 1.89. The Kier molecular flexibility index (Phi) is 9.80. The second-order valence-corrected chi connectivity index (χ2v) is 10.1. The quantitative estimate of drug-likeness (QED) is 0.363. The lowest BCUT2D eigenvalue weighted by Crippen LogP contribution is -2.22. The van der Waals surface area contributed by atoms with E-state index in [9.17, 15) is 4.79 Å². The first-order valence-electron chi connectivity index (χ1n) is 11.2. The van der Waals surface area contributed by atoms with Crippen molar-refractivity contribution in [3.05, 3.63) is 68.6 Å². The van der Waals surface area contributed by atoms with Gasteiger partial charge in [-0.2, -0.15) is 0 Å². The molecule has 4 heteroatoms. The average molecular weight is 533 g/mol. The molecule has 0 aromatic heterocycles. The lowest BCUT2D eigenvalue weighted by atomic mass is 9.83. The fourth-order valence-electron chi connectivity index (χ4n) is 4.27. The molecule has 1 aliphatic carbocycles. The molecular weight excluding hydrogens is 502 g/mol. The van der Waals surface area contributed by atoms with Gasteiger partial charge in [0.05, 0.1) is 6.04 Å². The van der Waals surface area contributed by atoms with E-state index < -0.39 is 0 Å². The minimum Gasteiger partial charge on any atom is -0.299 e. The Morgan fingerprint density at radius 3 is 2.17 bits per heavy atom. The summed E-state index contributed by atoms with van der Waals surface area (Å²) in [5.74, 6) is 0.328. The molecule has 160 valence electrons. The number of hydrogen-bond acceptors (Lipinski definition) is 2. The predicted octanol–water partition coefficient (Wildman–Crippen LogP) is 8.47. The van der Waals surface area contributed by atoms with Crippen LogP contribution in [0.15, 0.2) is 62.5 Å². The lowest BCUT2D eigenvalue weighted by Gasteiger charge is -2.24. The van der Waals surface area contributed by atoms with Crippen molar-refractivity contribution in [3.63, 3.8) is 0 Å². The lowest BCUT2D eigenvalue weighted by molar-refractivity contribution is -0.124. The van der Waals surface area contributed by atoms with Crippen molar-refractivity contribution in [3.8, 4) is 0 Å². The topological polar surface area (TPSA) is 29.4 Å². The second-order valence-electron chi connectivity index (χ2n) is 8.27. The van der Waals surface area contributed by atoms with Crippen LogP contribution in [0.4, 0.5) is 0 Å². The van der Waals surface area contributed by atoms with Crippen LogP contribution in [0.1, 0.15) is 81.4 Å². The number of carbonyl (C=O) groups excluding carboxylic acids is 1. The van der Waals surface area contributed by atoms with E-state index in [1.165, 1.54) is 38.5 Å². The average Bonchev–Trinajstić information content (AvgIpc) is 2.72. The minimum absolute atomic E-state index is 0.0536. The summed E-state index contributed by atoms with van der Waals surface area (Å²) < 4.78 is 2.07. The number of ketones is 1. The second kappa shape index (κ2) is 12.6. The van der Waals surface area contributed by atoms with E-state index in [-0.39, 0.29) is 12.0 Å². The fraction of sp³-hybridized carbons (Fsp3) is 0.462. The largest absolute Gasteiger partial charge is 0.299 e. The molecule has 2 unspecified atom stereocenters. The fourth-order valence-corrected chi connectivity index (χ4v) is 5.10.